The van der Waals surface area contributed by atoms with Gasteiger partial charge in [-0.1, -0.05) is 12.1 Å². The first-order chi connectivity index (χ1) is 8.25. The zero-order chi connectivity index (χ0) is 12.1. The van der Waals surface area contributed by atoms with E-state index in [4.69, 9.17) is 5.73 Å². The van der Waals surface area contributed by atoms with Gasteiger partial charge in [0, 0.05) is 12.1 Å². The quantitative estimate of drug-likeness (QED) is 0.823. The Balaban J connectivity index is 1.98. The monoisotopic (exact) mass is 228 g/mol. The summed E-state index contributed by atoms with van der Waals surface area (Å²) in [6.07, 6.45) is 4.88. The maximum absolute atomic E-state index is 10.9. The summed E-state index contributed by atoms with van der Waals surface area (Å²) in [4.78, 5) is 18.7. The molecule has 0 fully saturated rings. The number of benzene rings is 1. The van der Waals surface area contributed by atoms with Gasteiger partial charge in [-0.15, -0.1) is 0 Å². The molecule has 2 aromatic rings. The Hall–Kier alpha value is -2.43. The number of amides is 1. The molecule has 0 unspecified atom stereocenters. The number of nitrogens with one attached hydrogen (secondary N) is 1. The first-order valence-electron chi connectivity index (χ1n) is 5.13. The molecule has 0 saturated heterocycles. The Morgan fingerprint density at radius 2 is 1.82 bits per heavy atom. The Labute approximate surface area is 98.7 Å². The van der Waals surface area contributed by atoms with Crippen LogP contribution in [0.25, 0.3) is 0 Å². The van der Waals surface area contributed by atoms with E-state index in [1.165, 1.54) is 6.33 Å². The van der Waals surface area contributed by atoms with Gasteiger partial charge in [0.2, 0.25) is 5.91 Å². The summed E-state index contributed by atoms with van der Waals surface area (Å²) in [5, 5.41) is 3.17. The van der Waals surface area contributed by atoms with Crippen molar-refractivity contribution in [2.45, 2.75) is 6.54 Å². The van der Waals surface area contributed by atoms with Crippen LogP contribution < -0.4 is 11.1 Å². The van der Waals surface area contributed by atoms with E-state index in [2.05, 4.69) is 15.3 Å². The molecule has 0 spiro atoms. The third-order valence-electron chi connectivity index (χ3n) is 2.30. The van der Waals surface area contributed by atoms with E-state index in [0.717, 1.165) is 11.3 Å². The number of carbonyl (C=O) groups is 1. The number of nitrogens with two attached hydrogens (primary N) is 1. The van der Waals surface area contributed by atoms with Gasteiger partial charge in [0.05, 0.1) is 18.1 Å². The molecule has 5 nitrogen and oxygen atoms in total. The second kappa shape index (κ2) is 5.07. The molecular formula is C12H12N4O. The minimum Gasteiger partial charge on any atom is -0.378 e. The van der Waals surface area contributed by atoms with Gasteiger partial charge in [0.15, 0.2) is 0 Å². The molecule has 0 aliphatic heterocycles. The first kappa shape index (κ1) is 11.1. The van der Waals surface area contributed by atoms with Crippen molar-refractivity contribution in [2.24, 2.45) is 5.73 Å². The Kier molecular flexibility index (Phi) is 3.30. The Morgan fingerprint density at radius 3 is 2.41 bits per heavy atom. The van der Waals surface area contributed by atoms with Crippen LogP contribution in [0.3, 0.4) is 0 Å². The standard InChI is InChI=1S/C12H12N4O/c13-12(17)10-3-1-9(2-4-10)5-16-11-6-14-8-15-7-11/h1-4,6-8,16H,5H2,(H2,13,17). The molecule has 0 atom stereocenters. The van der Waals surface area contributed by atoms with Crippen LogP contribution >= 0.6 is 0 Å². The van der Waals surface area contributed by atoms with E-state index in [0.29, 0.717) is 12.1 Å². The van der Waals surface area contributed by atoms with E-state index in [1.54, 1.807) is 24.5 Å². The van der Waals surface area contributed by atoms with Crippen LogP contribution in [-0.2, 0) is 6.54 Å². The number of aromatic nitrogens is 2. The molecule has 0 aliphatic carbocycles. The third-order valence-corrected chi connectivity index (χ3v) is 2.30. The van der Waals surface area contributed by atoms with Crippen molar-refractivity contribution < 1.29 is 4.79 Å². The molecule has 2 rings (SSSR count). The maximum Gasteiger partial charge on any atom is 0.248 e. The topological polar surface area (TPSA) is 80.9 Å². The van der Waals surface area contributed by atoms with Gasteiger partial charge in [0.1, 0.15) is 6.33 Å². The average Bonchev–Trinajstić information content (AvgIpc) is 2.38. The fraction of sp³-hybridized carbons (Fsp3) is 0.0833. The van der Waals surface area contributed by atoms with Gasteiger partial charge in [-0.05, 0) is 17.7 Å². The molecule has 86 valence electrons. The summed E-state index contributed by atoms with van der Waals surface area (Å²) >= 11 is 0. The highest BCUT2D eigenvalue weighted by Gasteiger charge is 1.99. The lowest BCUT2D eigenvalue weighted by Gasteiger charge is -2.05. The maximum atomic E-state index is 10.9. The largest absolute Gasteiger partial charge is 0.378 e. The highest BCUT2D eigenvalue weighted by atomic mass is 16.1. The van der Waals surface area contributed by atoms with Crippen molar-refractivity contribution in [2.75, 3.05) is 5.32 Å². The summed E-state index contributed by atoms with van der Waals surface area (Å²) < 4.78 is 0. The van der Waals surface area contributed by atoms with E-state index < -0.39 is 5.91 Å². The highest BCUT2D eigenvalue weighted by Crippen LogP contribution is 2.07. The number of carbonyl (C=O) groups excluding carboxylic acids is 1. The highest BCUT2D eigenvalue weighted by molar-refractivity contribution is 5.92. The van der Waals surface area contributed by atoms with Crippen molar-refractivity contribution in [3.05, 3.63) is 54.1 Å². The molecule has 1 aromatic carbocycles. The third kappa shape index (κ3) is 3.01. The molecule has 0 aliphatic rings. The van der Waals surface area contributed by atoms with Crippen LogP contribution in [0.1, 0.15) is 15.9 Å². The van der Waals surface area contributed by atoms with E-state index >= 15 is 0 Å². The van der Waals surface area contributed by atoms with Crippen molar-refractivity contribution in [3.8, 4) is 0 Å². The zero-order valence-corrected chi connectivity index (χ0v) is 9.13. The Bertz CT molecular complexity index is 496. The number of nitrogens with zero attached hydrogens (tertiary/aromatic N) is 2. The zero-order valence-electron chi connectivity index (χ0n) is 9.13. The molecule has 1 aromatic heterocycles. The molecule has 0 saturated carbocycles. The summed E-state index contributed by atoms with van der Waals surface area (Å²) in [7, 11) is 0. The summed E-state index contributed by atoms with van der Waals surface area (Å²) in [6.45, 7) is 0.645. The molecule has 5 heteroatoms. The van der Waals surface area contributed by atoms with Crippen LogP contribution in [0.15, 0.2) is 43.0 Å². The summed E-state index contributed by atoms with van der Waals surface area (Å²) in [5.41, 5.74) is 7.58. The number of hydrogen-bond donors (Lipinski definition) is 2. The molecule has 3 N–H and O–H groups in total. The number of hydrogen-bond acceptors (Lipinski definition) is 4. The molecular weight excluding hydrogens is 216 g/mol. The smallest absolute Gasteiger partial charge is 0.248 e. The lowest BCUT2D eigenvalue weighted by Crippen LogP contribution is -2.10. The van der Waals surface area contributed by atoms with Gasteiger partial charge in [-0.3, -0.25) is 4.79 Å². The van der Waals surface area contributed by atoms with Crippen LogP contribution in [-0.4, -0.2) is 15.9 Å². The Morgan fingerprint density at radius 1 is 1.18 bits per heavy atom. The number of anilines is 1. The van der Waals surface area contributed by atoms with E-state index in [-0.39, 0.29) is 0 Å². The second-order valence-corrected chi connectivity index (χ2v) is 3.54. The number of rotatable bonds is 4. The SMILES string of the molecule is NC(=O)c1ccc(CNc2cncnc2)cc1. The van der Waals surface area contributed by atoms with Crippen LogP contribution in [0.4, 0.5) is 5.69 Å². The number of primary amides is 1. The fourth-order valence-corrected chi connectivity index (χ4v) is 1.38. The van der Waals surface area contributed by atoms with Gasteiger partial charge in [0.25, 0.3) is 0 Å². The van der Waals surface area contributed by atoms with E-state index in [1.807, 2.05) is 12.1 Å². The lowest BCUT2D eigenvalue weighted by atomic mass is 10.1. The van der Waals surface area contributed by atoms with Crippen molar-refractivity contribution in [1.29, 1.82) is 0 Å². The first-order valence-corrected chi connectivity index (χ1v) is 5.13. The molecule has 0 radical (unpaired) electrons. The predicted molar refractivity (Wildman–Crippen MR) is 64.3 cm³/mol. The van der Waals surface area contributed by atoms with Crippen molar-refractivity contribution >= 4 is 11.6 Å². The lowest BCUT2D eigenvalue weighted by molar-refractivity contribution is 0.100. The van der Waals surface area contributed by atoms with E-state index in [9.17, 15) is 4.79 Å². The predicted octanol–water partition coefficient (Wildman–Crippen LogP) is 1.19. The van der Waals surface area contributed by atoms with Crippen molar-refractivity contribution in [3.63, 3.8) is 0 Å². The molecule has 1 amide bonds. The second-order valence-electron chi connectivity index (χ2n) is 3.54. The minimum absolute atomic E-state index is 0.416. The van der Waals surface area contributed by atoms with Gasteiger partial charge >= 0.3 is 0 Å². The van der Waals surface area contributed by atoms with Gasteiger partial charge in [-0.25, -0.2) is 9.97 Å². The average molecular weight is 228 g/mol. The van der Waals surface area contributed by atoms with Crippen LogP contribution in [0, 0.1) is 0 Å². The minimum atomic E-state index is -0.416. The normalized spacial score (nSPS) is 9.88. The fourth-order valence-electron chi connectivity index (χ4n) is 1.38. The molecule has 0 bridgehead atoms. The van der Waals surface area contributed by atoms with Crippen LogP contribution in [0.5, 0.6) is 0 Å². The molecule has 1 heterocycles. The molecule has 17 heavy (non-hydrogen) atoms. The van der Waals surface area contributed by atoms with Crippen LogP contribution in [0.2, 0.25) is 0 Å². The summed E-state index contributed by atoms with van der Waals surface area (Å²) in [6, 6.07) is 7.13. The van der Waals surface area contributed by atoms with Crippen molar-refractivity contribution in [1.82, 2.24) is 9.97 Å². The summed E-state index contributed by atoms with van der Waals surface area (Å²) in [5.74, 6) is -0.416. The van der Waals surface area contributed by atoms with Gasteiger partial charge < -0.3 is 11.1 Å². The van der Waals surface area contributed by atoms with Gasteiger partial charge in [-0.2, -0.15) is 0 Å².